The summed E-state index contributed by atoms with van der Waals surface area (Å²) >= 11 is 0. The fraction of sp³-hybridized carbons (Fsp3) is 0.348. The number of nitrogens with one attached hydrogen (secondary N) is 1. The van der Waals surface area contributed by atoms with Crippen LogP contribution in [0.3, 0.4) is 0 Å². The molecule has 10 nitrogen and oxygen atoms in total. The maximum Gasteiger partial charge on any atom is 0.407 e. The van der Waals surface area contributed by atoms with E-state index in [0.29, 0.717) is 18.9 Å². The number of carboxylic acid groups (broad SMARTS) is 1. The van der Waals surface area contributed by atoms with Crippen LogP contribution in [0, 0.1) is 0 Å². The molecule has 1 aliphatic rings. The minimum atomic E-state index is -0.969. The lowest BCUT2D eigenvalue weighted by Gasteiger charge is -2.39. The van der Waals surface area contributed by atoms with Gasteiger partial charge in [0.15, 0.2) is 0 Å². The number of anilines is 2. The molecule has 3 aromatic rings. The molecule has 0 spiro atoms. The first-order valence-corrected chi connectivity index (χ1v) is 10.8. The van der Waals surface area contributed by atoms with E-state index in [1.54, 1.807) is 36.4 Å². The van der Waals surface area contributed by atoms with Gasteiger partial charge in [-0.25, -0.2) is 9.78 Å². The van der Waals surface area contributed by atoms with Gasteiger partial charge >= 0.3 is 6.09 Å². The zero-order valence-corrected chi connectivity index (χ0v) is 18.8. The first-order valence-electron chi connectivity index (χ1n) is 10.8. The zero-order chi connectivity index (χ0) is 23.5. The molecule has 0 aliphatic carbocycles. The second kappa shape index (κ2) is 9.27. The molecule has 2 N–H and O–H groups in total. The second-order valence-electron chi connectivity index (χ2n) is 8.23. The van der Waals surface area contributed by atoms with Crippen LogP contribution in [0.25, 0.3) is 11.1 Å². The van der Waals surface area contributed by atoms with E-state index in [-0.39, 0.29) is 18.0 Å². The predicted octanol–water partition coefficient (Wildman–Crippen LogP) is 3.25. The minimum absolute atomic E-state index is 0.00447. The Kier molecular flexibility index (Phi) is 6.25. The Balaban J connectivity index is 1.64. The summed E-state index contributed by atoms with van der Waals surface area (Å²) in [7, 11) is 1.53. The summed E-state index contributed by atoms with van der Waals surface area (Å²) in [6.45, 7) is 4.43. The number of amides is 2. The monoisotopic (exact) mass is 449 g/mol. The Bertz CT molecular complexity index is 1150. The Hall–Kier alpha value is -3.95. The molecule has 0 radical (unpaired) electrons. The second-order valence-corrected chi connectivity index (χ2v) is 8.23. The molecule has 2 aromatic heterocycles. The molecule has 3 heterocycles. The molecule has 1 aliphatic heterocycles. The summed E-state index contributed by atoms with van der Waals surface area (Å²) in [4.78, 5) is 34.9. The highest BCUT2D eigenvalue weighted by molar-refractivity contribution is 5.94. The number of benzene rings is 1. The molecule has 10 heteroatoms. The maximum atomic E-state index is 12.4. The standard InChI is InChI=1S/C23H27N7O3/c1-15-10-20(27-22-13-24-6-7-25-22)19-11-17(4-5-21(19)30(15)16(2)31)18-12-26-29(14-18)9-8-28(3)23(32)33/h4-7,11-15,20H,8-10H2,1-3H3,(H,25,27)(H,32,33)/t15-,20+/m0/s1. The fourth-order valence-corrected chi connectivity index (χ4v) is 4.20. The number of fused-ring (bicyclic) bond motifs is 1. The van der Waals surface area contributed by atoms with Gasteiger partial charge in [0, 0.05) is 56.4 Å². The molecule has 2 atom stereocenters. The Morgan fingerprint density at radius 3 is 2.76 bits per heavy atom. The van der Waals surface area contributed by atoms with E-state index in [1.807, 2.05) is 30.2 Å². The third-order valence-electron chi connectivity index (χ3n) is 5.86. The number of carbonyl (C=O) groups excluding carboxylic acids is 1. The molecule has 0 saturated heterocycles. The molecule has 0 fully saturated rings. The van der Waals surface area contributed by atoms with Gasteiger partial charge in [-0.3, -0.25) is 14.5 Å². The van der Waals surface area contributed by atoms with Crippen molar-refractivity contribution in [1.29, 1.82) is 0 Å². The zero-order valence-electron chi connectivity index (χ0n) is 18.8. The Morgan fingerprint density at radius 2 is 2.06 bits per heavy atom. The van der Waals surface area contributed by atoms with Gasteiger partial charge in [0.2, 0.25) is 5.91 Å². The van der Waals surface area contributed by atoms with Gasteiger partial charge in [-0.05, 0) is 36.6 Å². The van der Waals surface area contributed by atoms with Crippen LogP contribution in [-0.4, -0.2) is 61.4 Å². The normalized spacial score (nSPS) is 17.4. The molecular weight excluding hydrogens is 422 g/mol. The lowest BCUT2D eigenvalue weighted by atomic mass is 9.89. The van der Waals surface area contributed by atoms with Crippen LogP contribution in [0.2, 0.25) is 0 Å². The van der Waals surface area contributed by atoms with E-state index in [9.17, 15) is 9.59 Å². The van der Waals surface area contributed by atoms with Gasteiger partial charge in [0.05, 0.1) is 25.0 Å². The van der Waals surface area contributed by atoms with E-state index in [1.165, 1.54) is 11.9 Å². The third-order valence-corrected chi connectivity index (χ3v) is 5.86. The van der Waals surface area contributed by atoms with Gasteiger partial charge in [-0.2, -0.15) is 5.10 Å². The molecule has 0 saturated carbocycles. The number of aromatic nitrogens is 4. The summed E-state index contributed by atoms with van der Waals surface area (Å²) in [5.74, 6) is 0.683. The highest BCUT2D eigenvalue weighted by Gasteiger charge is 2.33. The largest absolute Gasteiger partial charge is 0.465 e. The van der Waals surface area contributed by atoms with Crippen molar-refractivity contribution in [3.63, 3.8) is 0 Å². The SMILES string of the molecule is CC(=O)N1c2ccc(-c3cnn(CCN(C)C(=O)O)c3)cc2[C@H](Nc2cnccn2)C[C@@H]1C. The third kappa shape index (κ3) is 4.79. The van der Waals surface area contributed by atoms with Crippen LogP contribution < -0.4 is 10.2 Å². The van der Waals surface area contributed by atoms with E-state index in [4.69, 9.17) is 5.11 Å². The summed E-state index contributed by atoms with van der Waals surface area (Å²) < 4.78 is 1.73. The van der Waals surface area contributed by atoms with Crippen LogP contribution in [0.4, 0.5) is 16.3 Å². The molecule has 2 amide bonds. The van der Waals surface area contributed by atoms with Gasteiger partial charge in [-0.1, -0.05) is 6.07 Å². The highest BCUT2D eigenvalue weighted by atomic mass is 16.4. The van der Waals surface area contributed by atoms with Crippen molar-refractivity contribution in [2.75, 3.05) is 23.8 Å². The smallest absolute Gasteiger partial charge is 0.407 e. The number of hydrogen-bond donors (Lipinski definition) is 2. The maximum absolute atomic E-state index is 12.4. The molecule has 33 heavy (non-hydrogen) atoms. The van der Waals surface area contributed by atoms with Gasteiger partial charge in [0.25, 0.3) is 0 Å². The lowest BCUT2D eigenvalue weighted by Crippen LogP contribution is -2.43. The first-order chi connectivity index (χ1) is 15.8. The van der Waals surface area contributed by atoms with Gasteiger partial charge in [0.1, 0.15) is 5.82 Å². The summed E-state index contributed by atoms with van der Waals surface area (Å²) in [5.41, 5.74) is 3.77. The van der Waals surface area contributed by atoms with E-state index in [0.717, 1.165) is 28.8 Å². The number of hydrogen-bond acceptors (Lipinski definition) is 6. The summed E-state index contributed by atoms with van der Waals surface area (Å²) in [5, 5.41) is 16.9. The van der Waals surface area contributed by atoms with Crippen LogP contribution in [0.5, 0.6) is 0 Å². The van der Waals surface area contributed by atoms with Crippen LogP contribution in [-0.2, 0) is 11.3 Å². The van der Waals surface area contributed by atoms with E-state index in [2.05, 4.69) is 26.4 Å². The molecule has 4 rings (SSSR count). The van der Waals surface area contributed by atoms with Crippen LogP contribution in [0.15, 0.2) is 49.2 Å². The predicted molar refractivity (Wildman–Crippen MR) is 124 cm³/mol. The number of rotatable bonds is 6. The lowest BCUT2D eigenvalue weighted by molar-refractivity contribution is -0.117. The van der Waals surface area contributed by atoms with Crippen molar-refractivity contribution >= 4 is 23.5 Å². The topological polar surface area (TPSA) is 116 Å². The quantitative estimate of drug-likeness (QED) is 0.593. The fourth-order valence-electron chi connectivity index (χ4n) is 4.20. The number of likely N-dealkylation sites (N-methyl/N-ethyl adjacent to an activating group) is 1. The van der Waals surface area contributed by atoms with E-state index < -0.39 is 6.09 Å². The van der Waals surface area contributed by atoms with Crippen LogP contribution in [0.1, 0.15) is 31.9 Å². The van der Waals surface area contributed by atoms with Crippen molar-refractivity contribution in [2.24, 2.45) is 0 Å². The molecule has 0 unspecified atom stereocenters. The van der Waals surface area contributed by atoms with Gasteiger partial charge in [-0.15, -0.1) is 0 Å². The Labute approximate surface area is 191 Å². The summed E-state index contributed by atoms with van der Waals surface area (Å²) in [6, 6.07) is 6.03. The minimum Gasteiger partial charge on any atom is -0.465 e. The van der Waals surface area contributed by atoms with E-state index >= 15 is 0 Å². The number of nitrogens with zero attached hydrogens (tertiary/aromatic N) is 6. The summed E-state index contributed by atoms with van der Waals surface area (Å²) in [6.07, 6.45) is 8.38. The molecule has 0 bridgehead atoms. The molecule has 1 aromatic carbocycles. The van der Waals surface area contributed by atoms with Gasteiger partial charge < -0.3 is 20.2 Å². The average molecular weight is 450 g/mol. The van der Waals surface area contributed by atoms with Crippen molar-refractivity contribution in [1.82, 2.24) is 24.6 Å². The first kappa shape index (κ1) is 22.3. The average Bonchev–Trinajstić information content (AvgIpc) is 3.26. The molecule has 172 valence electrons. The van der Waals surface area contributed by atoms with Crippen molar-refractivity contribution < 1.29 is 14.7 Å². The highest BCUT2D eigenvalue weighted by Crippen LogP contribution is 2.40. The van der Waals surface area contributed by atoms with Crippen molar-refractivity contribution in [3.05, 3.63) is 54.7 Å². The number of carbonyl (C=O) groups is 2. The van der Waals surface area contributed by atoms with Crippen molar-refractivity contribution in [3.8, 4) is 11.1 Å². The van der Waals surface area contributed by atoms with Crippen LogP contribution >= 0.6 is 0 Å². The van der Waals surface area contributed by atoms with Crippen molar-refractivity contribution in [2.45, 2.75) is 38.9 Å². The Morgan fingerprint density at radius 1 is 1.24 bits per heavy atom. The molecular formula is C23H27N7O3.